The number of pyridine rings is 1. The first-order valence-electron chi connectivity index (χ1n) is 8.08. The molecule has 2 heterocycles. The van der Waals surface area contributed by atoms with Crippen molar-refractivity contribution in [2.45, 2.75) is 12.8 Å². The Morgan fingerprint density at radius 2 is 2.04 bits per heavy atom. The van der Waals surface area contributed by atoms with Gasteiger partial charge in [0.1, 0.15) is 17.1 Å². The van der Waals surface area contributed by atoms with Gasteiger partial charge in [0.15, 0.2) is 0 Å². The van der Waals surface area contributed by atoms with Crippen LogP contribution in [0.1, 0.15) is 23.4 Å². The summed E-state index contributed by atoms with van der Waals surface area (Å²) in [5.74, 6) is -1.08. The number of carbonyl (C=O) groups excluding carboxylic acids is 1. The highest BCUT2D eigenvalue weighted by atomic mass is 35.5. The minimum Gasteiger partial charge on any atom is -0.481 e. The van der Waals surface area contributed by atoms with Crippen molar-refractivity contribution >= 4 is 46.0 Å². The third-order valence-electron chi connectivity index (χ3n) is 3.58. The van der Waals surface area contributed by atoms with Crippen molar-refractivity contribution in [2.75, 3.05) is 17.4 Å². The number of carboxylic acid groups (broad SMARTS) is 1. The Morgan fingerprint density at radius 3 is 2.78 bits per heavy atom. The molecule has 0 spiro atoms. The molecule has 0 unspecified atom stereocenters. The van der Waals surface area contributed by atoms with E-state index in [9.17, 15) is 9.59 Å². The van der Waals surface area contributed by atoms with Gasteiger partial charge in [-0.1, -0.05) is 23.7 Å². The summed E-state index contributed by atoms with van der Waals surface area (Å²) in [6.45, 7) is 0.158. The number of rotatable bonds is 8. The molecule has 0 aliphatic carbocycles. The van der Waals surface area contributed by atoms with E-state index in [0.717, 1.165) is 0 Å². The number of benzene rings is 1. The molecule has 8 nitrogen and oxygen atoms in total. The van der Waals surface area contributed by atoms with Gasteiger partial charge in [-0.15, -0.1) is 0 Å². The number of aliphatic carboxylic acids is 1. The lowest BCUT2D eigenvalue weighted by Gasteiger charge is -2.08. The van der Waals surface area contributed by atoms with E-state index in [0.29, 0.717) is 33.9 Å². The Hall–Kier alpha value is -3.10. The summed E-state index contributed by atoms with van der Waals surface area (Å²) in [5.41, 5.74) is 3.55. The number of furan rings is 1. The lowest BCUT2D eigenvalue weighted by atomic mass is 10.2. The van der Waals surface area contributed by atoms with Crippen molar-refractivity contribution in [1.29, 1.82) is 0 Å². The van der Waals surface area contributed by atoms with Gasteiger partial charge in [0, 0.05) is 18.0 Å². The minimum atomic E-state index is -0.900. The summed E-state index contributed by atoms with van der Waals surface area (Å²) in [6, 6.07) is 10.3. The summed E-state index contributed by atoms with van der Waals surface area (Å²) < 4.78 is 5.65. The van der Waals surface area contributed by atoms with Crippen LogP contribution in [0, 0.1) is 0 Å². The first-order valence-corrected chi connectivity index (χ1v) is 8.46. The van der Waals surface area contributed by atoms with Gasteiger partial charge >= 0.3 is 5.97 Å². The summed E-state index contributed by atoms with van der Waals surface area (Å²) in [7, 11) is 0. The first kappa shape index (κ1) is 18.7. The number of anilines is 2. The number of fused-ring (bicyclic) bond motifs is 1. The molecule has 3 rings (SSSR count). The first-order chi connectivity index (χ1) is 13.0. The molecule has 0 radical (unpaired) electrons. The second-order valence-corrected chi connectivity index (χ2v) is 6.00. The van der Waals surface area contributed by atoms with Crippen molar-refractivity contribution in [3.63, 3.8) is 0 Å². The van der Waals surface area contributed by atoms with Crippen LogP contribution < -0.4 is 10.8 Å². The van der Waals surface area contributed by atoms with Crippen LogP contribution in [0.5, 0.6) is 0 Å². The summed E-state index contributed by atoms with van der Waals surface area (Å²) >= 11 is 5.79. The Kier molecular flexibility index (Phi) is 5.90. The summed E-state index contributed by atoms with van der Waals surface area (Å²) in [6.07, 6.45) is 1.73. The fourth-order valence-corrected chi connectivity index (χ4v) is 2.46. The average molecular weight is 390 g/mol. The minimum absolute atomic E-state index is 0.0105. The third-order valence-corrected chi connectivity index (χ3v) is 3.81. The highest BCUT2D eigenvalue weighted by Gasteiger charge is 2.21. The lowest BCUT2D eigenvalue weighted by molar-refractivity contribution is -0.137. The third kappa shape index (κ3) is 4.75. The van der Waals surface area contributed by atoms with Crippen LogP contribution in [0.25, 0.3) is 11.0 Å². The SMILES string of the molecule is O=C(O)CCCONc1c(C(=O)Nc2ccc(Cl)cn2)oc2ccccc12. The number of carbonyl (C=O) groups is 2. The van der Waals surface area contributed by atoms with E-state index in [2.05, 4.69) is 15.8 Å². The molecule has 0 atom stereocenters. The zero-order valence-corrected chi connectivity index (χ0v) is 14.8. The molecule has 0 bridgehead atoms. The van der Waals surface area contributed by atoms with Crippen LogP contribution in [-0.4, -0.2) is 28.6 Å². The van der Waals surface area contributed by atoms with E-state index in [1.165, 1.54) is 6.20 Å². The molecule has 0 fully saturated rings. The normalized spacial score (nSPS) is 10.7. The molecular weight excluding hydrogens is 374 g/mol. The van der Waals surface area contributed by atoms with Crippen LogP contribution in [0.2, 0.25) is 5.02 Å². The Labute approximate surface area is 159 Å². The topological polar surface area (TPSA) is 114 Å². The second kappa shape index (κ2) is 8.52. The molecular formula is C18H16ClN3O5. The van der Waals surface area contributed by atoms with Crippen molar-refractivity contribution in [3.8, 4) is 0 Å². The largest absolute Gasteiger partial charge is 0.481 e. The number of para-hydroxylation sites is 1. The molecule has 3 aromatic rings. The van der Waals surface area contributed by atoms with Crippen LogP contribution in [0.4, 0.5) is 11.5 Å². The number of halogens is 1. The summed E-state index contributed by atoms with van der Waals surface area (Å²) in [4.78, 5) is 32.5. The maximum Gasteiger partial charge on any atom is 0.303 e. The highest BCUT2D eigenvalue weighted by molar-refractivity contribution is 6.30. The fourth-order valence-electron chi connectivity index (χ4n) is 2.35. The fraction of sp³-hybridized carbons (Fsp3) is 0.167. The number of aromatic nitrogens is 1. The van der Waals surface area contributed by atoms with E-state index in [1.807, 2.05) is 0 Å². The molecule has 0 aliphatic heterocycles. The zero-order valence-electron chi connectivity index (χ0n) is 14.1. The predicted molar refractivity (Wildman–Crippen MR) is 99.9 cm³/mol. The number of carboxylic acids is 1. The van der Waals surface area contributed by atoms with Crippen LogP contribution in [0.3, 0.4) is 0 Å². The van der Waals surface area contributed by atoms with Crippen LogP contribution >= 0.6 is 11.6 Å². The number of nitrogens with zero attached hydrogens (tertiary/aromatic N) is 1. The van der Waals surface area contributed by atoms with E-state index < -0.39 is 11.9 Å². The van der Waals surface area contributed by atoms with Crippen LogP contribution in [-0.2, 0) is 9.63 Å². The van der Waals surface area contributed by atoms with Gasteiger partial charge < -0.3 is 14.8 Å². The quantitative estimate of drug-likeness (QED) is 0.395. The number of nitrogens with one attached hydrogen (secondary N) is 2. The zero-order chi connectivity index (χ0) is 19.2. The van der Waals surface area contributed by atoms with Gasteiger partial charge in [0.25, 0.3) is 5.91 Å². The average Bonchev–Trinajstić information content (AvgIpc) is 3.02. The molecule has 2 aromatic heterocycles. The Balaban J connectivity index is 1.77. The van der Waals surface area contributed by atoms with Crippen molar-refractivity contribution in [1.82, 2.24) is 4.98 Å². The standard InChI is InChI=1S/C18H16ClN3O5/c19-11-7-8-14(20-10-11)21-18(25)17-16(22-26-9-3-6-15(23)24)12-4-1-2-5-13(12)27-17/h1-2,4-5,7-8,10,22H,3,6,9H2,(H,23,24)(H,20,21,25). The molecule has 9 heteroatoms. The van der Waals surface area contributed by atoms with E-state index in [1.54, 1.807) is 36.4 Å². The van der Waals surface area contributed by atoms with Gasteiger partial charge in [0.2, 0.25) is 5.76 Å². The van der Waals surface area contributed by atoms with Gasteiger partial charge in [-0.25, -0.2) is 4.98 Å². The molecule has 0 saturated heterocycles. The molecule has 0 aliphatic rings. The van der Waals surface area contributed by atoms with Gasteiger partial charge in [0.05, 0.1) is 11.6 Å². The van der Waals surface area contributed by atoms with E-state index in [-0.39, 0.29) is 18.8 Å². The molecule has 27 heavy (non-hydrogen) atoms. The number of amides is 1. The maximum atomic E-state index is 12.6. The highest BCUT2D eigenvalue weighted by Crippen LogP contribution is 2.31. The monoisotopic (exact) mass is 389 g/mol. The van der Waals surface area contributed by atoms with Crippen molar-refractivity contribution in [2.24, 2.45) is 0 Å². The molecule has 140 valence electrons. The van der Waals surface area contributed by atoms with Crippen LogP contribution in [0.15, 0.2) is 47.0 Å². The Bertz CT molecular complexity index is 955. The molecule has 3 N–H and O–H groups in total. The van der Waals surface area contributed by atoms with Gasteiger partial charge in [-0.2, -0.15) is 0 Å². The van der Waals surface area contributed by atoms with E-state index >= 15 is 0 Å². The second-order valence-electron chi connectivity index (χ2n) is 5.57. The summed E-state index contributed by atoms with van der Waals surface area (Å²) in [5, 5.41) is 12.4. The molecule has 1 aromatic carbocycles. The Morgan fingerprint density at radius 1 is 1.22 bits per heavy atom. The predicted octanol–water partition coefficient (Wildman–Crippen LogP) is 3.94. The van der Waals surface area contributed by atoms with Gasteiger partial charge in [-0.3, -0.25) is 19.9 Å². The van der Waals surface area contributed by atoms with Crippen molar-refractivity contribution < 1.29 is 24.0 Å². The van der Waals surface area contributed by atoms with E-state index in [4.69, 9.17) is 26.0 Å². The maximum absolute atomic E-state index is 12.6. The van der Waals surface area contributed by atoms with Gasteiger partial charge in [-0.05, 0) is 30.7 Å². The molecule has 1 amide bonds. The lowest BCUT2D eigenvalue weighted by Crippen LogP contribution is -2.15. The van der Waals surface area contributed by atoms with Crippen molar-refractivity contribution in [3.05, 3.63) is 53.4 Å². The smallest absolute Gasteiger partial charge is 0.303 e. The molecule has 0 saturated carbocycles. The number of hydrogen-bond donors (Lipinski definition) is 3. The number of hydrogen-bond acceptors (Lipinski definition) is 6.